The number of carbonyl (C=O) groups is 1. The minimum absolute atomic E-state index is 0.0479. The summed E-state index contributed by atoms with van der Waals surface area (Å²) in [7, 11) is -9.82. The topological polar surface area (TPSA) is 277 Å². The van der Waals surface area contributed by atoms with Gasteiger partial charge in [0, 0.05) is 6.42 Å². The molecule has 23 heteroatoms. The normalized spacial score (nSPS) is 41.4. The summed E-state index contributed by atoms with van der Waals surface area (Å²) < 4.78 is 60.3. The highest BCUT2D eigenvalue weighted by molar-refractivity contribution is 7.47. The number of aliphatic imine (C=N–C) groups is 3. The molecule has 21 nitrogen and oxygen atoms in total. The number of ether oxygens (including phenoxy) is 2. The summed E-state index contributed by atoms with van der Waals surface area (Å²) >= 11 is 0. The molecule has 2 aromatic rings. The lowest BCUT2D eigenvalue weighted by molar-refractivity contribution is -0.117. The molecule has 230 valence electrons. The summed E-state index contributed by atoms with van der Waals surface area (Å²) in [5.41, 5.74) is 6.20. The molecule has 3 fully saturated rings. The number of aromatic nitrogens is 4. The Morgan fingerprint density at radius 3 is 2.58 bits per heavy atom. The van der Waals surface area contributed by atoms with Crippen LogP contribution >= 0.6 is 15.6 Å². The van der Waals surface area contributed by atoms with E-state index in [-0.39, 0.29) is 29.2 Å². The zero-order valence-electron chi connectivity index (χ0n) is 21.6. The van der Waals surface area contributed by atoms with Crippen LogP contribution in [0.5, 0.6) is 0 Å². The fraction of sp³-hybridized carbons (Fsp3) is 0.550. The van der Waals surface area contributed by atoms with Crippen LogP contribution < -0.4 is 5.73 Å². The average Bonchev–Trinajstić information content (AvgIpc) is 3.72. The van der Waals surface area contributed by atoms with Crippen molar-refractivity contribution in [1.29, 1.82) is 0 Å². The van der Waals surface area contributed by atoms with Crippen LogP contribution in [0.2, 0.25) is 0 Å². The van der Waals surface area contributed by atoms with Crippen molar-refractivity contribution < 1.29 is 56.4 Å². The quantitative estimate of drug-likeness (QED) is 0.270. The molecule has 2 bridgehead atoms. The predicted octanol–water partition coefficient (Wildman–Crippen LogP) is -1.52. The SMILES string of the molecule is Nc1ncnc2c1ncn2[C@@H]1O[C@@H]2COP(=O)(O)O[C@H]3C[C@H](N4C=NC5C(=O)N=CN=C54)O[C@@H]3COP(=O)(O)O[C@@H]1[C@@H]2O. The number of hydrogen-bond donors (Lipinski definition) is 4. The van der Waals surface area contributed by atoms with Gasteiger partial charge in [0.1, 0.15) is 60.8 Å². The summed E-state index contributed by atoms with van der Waals surface area (Å²) in [5, 5.41) is 11.0. The van der Waals surface area contributed by atoms with Crippen molar-refractivity contribution in [3.63, 3.8) is 0 Å². The van der Waals surface area contributed by atoms with E-state index >= 15 is 0 Å². The fourth-order valence-electron chi connectivity index (χ4n) is 5.26. The number of amidine groups is 1. The number of amides is 1. The molecule has 7 rings (SSSR count). The second kappa shape index (κ2) is 10.5. The van der Waals surface area contributed by atoms with Crippen molar-refractivity contribution in [3.05, 3.63) is 12.7 Å². The zero-order valence-corrected chi connectivity index (χ0v) is 23.4. The van der Waals surface area contributed by atoms with Crippen molar-refractivity contribution in [3.8, 4) is 0 Å². The van der Waals surface area contributed by atoms with Crippen LogP contribution in [0.3, 0.4) is 0 Å². The number of fused-ring (bicyclic) bond motifs is 5. The number of phosphoric acid groups is 2. The van der Waals surface area contributed by atoms with Crippen LogP contribution in [0, 0.1) is 0 Å². The molecule has 5 aliphatic rings. The first-order valence-electron chi connectivity index (χ1n) is 12.7. The number of nitrogens with zero attached hydrogens (tertiary/aromatic N) is 8. The molecule has 1 amide bonds. The second-order valence-corrected chi connectivity index (χ2v) is 12.7. The zero-order chi connectivity index (χ0) is 30.1. The highest BCUT2D eigenvalue weighted by Crippen LogP contribution is 2.53. The number of aliphatic hydroxyl groups is 1. The third-order valence-electron chi connectivity index (χ3n) is 7.25. The highest BCUT2D eigenvalue weighted by atomic mass is 31.2. The van der Waals surface area contributed by atoms with E-state index in [1.54, 1.807) is 0 Å². The lowest BCUT2D eigenvalue weighted by atomic mass is 10.1. The Labute approximate surface area is 240 Å². The van der Waals surface area contributed by atoms with Gasteiger partial charge in [0.05, 0.1) is 25.9 Å². The molecule has 0 spiro atoms. The molecule has 3 saturated heterocycles. The molecule has 43 heavy (non-hydrogen) atoms. The molecule has 3 unspecified atom stereocenters. The largest absolute Gasteiger partial charge is 0.472 e. The smallest absolute Gasteiger partial charge is 0.387 e. The van der Waals surface area contributed by atoms with Gasteiger partial charge in [-0.1, -0.05) is 0 Å². The number of rotatable bonds is 2. The fourth-order valence-corrected chi connectivity index (χ4v) is 7.15. The van der Waals surface area contributed by atoms with Gasteiger partial charge < -0.3 is 30.1 Å². The van der Waals surface area contributed by atoms with E-state index in [1.807, 2.05) is 0 Å². The summed E-state index contributed by atoms with van der Waals surface area (Å²) in [6.07, 6.45) is -4.55. The molecule has 2 aromatic heterocycles. The van der Waals surface area contributed by atoms with Gasteiger partial charge in [-0.25, -0.2) is 29.1 Å². The van der Waals surface area contributed by atoms with E-state index in [2.05, 4.69) is 29.9 Å². The lowest BCUT2D eigenvalue weighted by Gasteiger charge is -2.26. The molecule has 7 heterocycles. The molecular weight excluding hydrogens is 620 g/mol. The number of imidazole rings is 1. The number of nitrogens with two attached hydrogens (primary N) is 1. The monoisotopic (exact) mass is 643 g/mol. The van der Waals surface area contributed by atoms with Crippen LogP contribution in [0.15, 0.2) is 27.6 Å². The molecule has 0 aromatic carbocycles. The first-order chi connectivity index (χ1) is 20.5. The Morgan fingerprint density at radius 1 is 1.00 bits per heavy atom. The van der Waals surface area contributed by atoms with Crippen LogP contribution in [0.1, 0.15) is 12.6 Å². The van der Waals surface area contributed by atoms with E-state index in [9.17, 15) is 28.8 Å². The van der Waals surface area contributed by atoms with Crippen molar-refractivity contribution in [1.82, 2.24) is 24.4 Å². The first-order valence-corrected chi connectivity index (χ1v) is 15.7. The number of hydrogen-bond acceptors (Lipinski definition) is 17. The van der Waals surface area contributed by atoms with Crippen LogP contribution in [-0.4, -0.2) is 120 Å². The molecule has 10 atom stereocenters. The molecule has 0 radical (unpaired) electrons. The number of phosphoric ester groups is 2. The van der Waals surface area contributed by atoms with Gasteiger partial charge >= 0.3 is 15.6 Å². The molecular formula is C20H23N9O12P2. The molecule has 0 saturated carbocycles. The summed E-state index contributed by atoms with van der Waals surface area (Å²) in [5.74, 6) is -0.272. The minimum atomic E-state index is -4.97. The average molecular weight is 643 g/mol. The number of carbonyl (C=O) groups excluding carboxylic acids is 1. The van der Waals surface area contributed by atoms with E-state index in [0.29, 0.717) is 0 Å². The van der Waals surface area contributed by atoms with Gasteiger partial charge in [-0.3, -0.25) is 37.3 Å². The van der Waals surface area contributed by atoms with Crippen LogP contribution in [0.4, 0.5) is 5.82 Å². The second-order valence-electron chi connectivity index (χ2n) is 9.89. The number of nitrogen functional groups attached to an aromatic ring is 1. The van der Waals surface area contributed by atoms with Gasteiger partial charge in [-0.2, -0.15) is 4.99 Å². The maximum absolute atomic E-state index is 13.1. The van der Waals surface area contributed by atoms with E-state index in [1.165, 1.54) is 22.1 Å². The Kier molecular flexibility index (Phi) is 7.02. The van der Waals surface area contributed by atoms with Gasteiger partial charge in [0.25, 0.3) is 5.91 Å². The third-order valence-corrected chi connectivity index (χ3v) is 9.25. The van der Waals surface area contributed by atoms with Gasteiger partial charge in [0.15, 0.2) is 23.7 Å². The maximum atomic E-state index is 13.1. The Balaban J connectivity index is 1.15. The van der Waals surface area contributed by atoms with E-state index < -0.39 is 83.8 Å². The molecule has 0 aliphatic carbocycles. The molecule has 5 aliphatic heterocycles. The first kappa shape index (κ1) is 28.7. The van der Waals surface area contributed by atoms with E-state index in [0.717, 1.165) is 12.7 Å². The van der Waals surface area contributed by atoms with Gasteiger partial charge in [-0.15, -0.1) is 0 Å². The Hall–Kier alpha value is -3.07. The third kappa shape index (κ3) is 5.21. The van der Waals surface area contributed by atoms with Crippen LogP contribution in [-0.2, 0) is 41.5 Å². The summed E-state index contributed by atoms with van der Waals surface area (Å²) in [6.45, 7) is -1.35. The van der Waals surface area contributed by atoms with Crippen molar-refractivity contribution in [2.75, 3.05) is 18.9 Å². The lowest BCUT2D eigenvalue weighted by Crippen LogP contribution is -2.43. The van der Waals surface area contributed by atoms with Crippen molar-refractivity contribution in [2.45, 2.75) is 55.4 Å². The molecule has 5 N–H and O–H groups in total. The minimum Gasteiger partial charge on any atom is -0.387 e. The van der Waals surface area contributed by atoms with Crippen LogP contribution in [0.25, 0.3) is 11.2 Å². The van der Waals surface area contributed by atoms with Crippen molar-refractivity contribution in [2.24, 2.45) is 15.0 Å². The van der Waals surface area contributed by atoms with Crippen molar-refractivity contribution >= 4 is 57.0 Å². The summed E-state index contributed by atoms with van der Waals surface area (Å²) in [4.78, 5) is 58.5. The number of anilines is 1. The Bertz CT molecular complexity index is 1650. The number of aliphatic hydroxyl groups excluding tert-OH is 1. The van der Waals surface area contributed by atoms with Gasteiger partial charge in [-0.05, 0) is 0 Å². The Morgan fingerprint density at radius 2 is 1.77 bits per heavy atom. The van der Waals surface area contributed by atoms with Gasteiger partial charge in [0.2, 0.25) is 0 Å². The highest BCUT2D eigenvalue weighted by Gasteiger charge is 2.52. The standard InChI is InChI=1S/C20H23N9O12P2/c21-16-12-17(23-4-22-16)29(7-26-12)20-15-14(30)10(39-20)3-37-42(32,33)40-8-1-11(38-9(8)2-36-43(34,35)41-15)28-6-27-13-18(28)24-5-25-19(13)31/h4-11,13-15,20,30H,1-3H2,(H,32,33)(H,34,35)(H2,21,22,23)/t8-,9+,10+,11+,13?,14+,15+,20+/m0/s1. The maximum Gasteiger partial charge on any atom is 0.472 e. The summed E-state index contributed by atoms with van der Waals surface area (Å²) in [6, 6.07) is -0.968. The van der Waals surface area contributed by atoms with E-state index in [4.69, 9.17) is 33.3 Å². The predicted molar refractivity (Wildman–Crippen MR) is 139 cm³/mol.